The van der Waals surface area contributed by atoms with Crippen LogP contribution < -0.4 is 21.2 Å². The van der Waals surface area contributed by atoms with Gasteiger partial charge in [-0.25, -0.2) is 0 Å². The number of hydrogen-bond donors (Lipinski definition) is 0. The standard InChI is InChI=1S/C25H22P2.2C17H13.2Ag/c1-5-13-22(14-6-1)26(23-15-7-2-8-16-23)21-27(24-17-9-3-10-18-24)25-19-11-4-12-20-25;2*1-4-12-8-7-11-15-16(12)13-9-5-6-10-14(13)17(15,2)3;;/h1-20H,21H2;2*5-11H,2-3H3;;/q;2*-1;2*+1/p+2. The quantitative estimate of drug-likeness (QED) is 0.0674. The van der Waals surface area contributed by atoms with Crippen LogP contribution in [0.1, 0.15) is 61.1 Å². The van der Waals surface area contributed by atoms with E-state index in [0.717, 1.165) is 11.1 Å². The van der Waals surface area contributed by atoms with E-state index in [2.05, 4.69) is 222 Å². The Labute approximate surface area is 409 Å². The van der Waals surface area contributed by atoms with E-state index in [1.165, 1.54) is 71.6 Å². The molecular weight excluding hydrogens is 986 g/mol. The molecule has 8 aromatic rings. The van der Waals surface area contributed by atoms with E-state index in [1.54, 1.807) is 0 Å². The van der Waals surface area contributed by atoms with Gasteiger partial charge in [-0.15, -0.1) is 23.3 Å². The molecule has 0 amide bonds. The van der Waals surface area contributed by atoms with Crippen molar-refractivity contribution in [2.24, 2.45) is 0 Å². The summed E-state index contributed by atoms with van der Waals surface area (Å²) in [6.07, 6.45) is 14.9. The fourth-order valence-corrected chi connectivity index (χ4v) is 16.9. The first-order chi connectivity index (χ1) is 29.7. The molecule has 0 unspecified atom stereocenters. The van der Waals surface area contributed by atoms with Crippen molar-refractivity contribution in [3.05, 3.63) is 252 Å². The number of benzene rings is 8. The van der Waals surface area contributed by atoms with Gasteiger partial charge in [0, 0.05) is 10.8 Å². The summed E-state index contributed by atoms with van der Waals surface area (Å²) in [5.74, 6) is 6.36. The Morgan fingerprint density at radius 2 is 0.619 bits per heavy atom. The molecule has 0 spiro atoms. The van der Waals surface area contributed by atoms with Gasteiger partial charge in [0.2, 0.25) is 0 Å². The van der Waals surface area contributed by atoms with Crippen LogP contribution in [0.5, 0.6) is 0 Å². The molecule has 0 saturated carbocycles. The Bertz CT molecular complexity index is 2580. The van der Waals surface area contributed by atoms with Crippen molar-refractivity contribution in [3.63, 3.8) is 0 Å². The Hall–Kier alpha value is -4.78. The summed E-state index contributed by atoms with van der Waals surface area (Å²) in [6.45, 7) is 8.97. The molecule has 316 valence electrons. The second kappa shape index (κ2) is 21.3. The number of rotatable bonds is 6. The van der Waals surface area contributed by atoms with Crippen LogP contribution in [-0.4, -0.2) is 5.90 Å². The monoisotopic (exact) mass is 1030 g/mol. The van der Waals surface area contributed by atoms with E-state index in [4.69, 9.17) is 12.8 Å². The van der Waals surface area contributed by atoms with Gasteiger partial charge in [0.25, 0.3) is 0 Å². The van der Waals surface area contributed by atoms with Gasteiger partial charge >= 0.3 is 44.8 Å². The minimum Gasteiger partial charge on any atom is -0.366 e. The largest absolute Gasteiger partial charge is 1.00 e. The van der Waals surface area contributed by atoms with Gasteiger partial charge in [0.05, 0.1) is 0 Å². The zero-order valence-electron chi connectivity index (χ0n) is 35.9. The fraction of sp³-hybridized carbons (Fsp3) is 0.119. The predicted molar refractivity (Wildman–Crippen MR) is 266 cm³/mol. The molecule has 0 atom stereocenters. The summed E-state index contributed by atoms with van der Waals surface area (Å²) < 4.78 is 0. The molecule has 10 rings (SSSR count). The first-order valence-corrected chi connectivity index (χ1v) is 24.4. The van der Waals surface area contributed by atoms with Gasteiger partial charge in [0.15, 0.2) is 5.90 Å². The summed E-state index contributed by atoms with van der Waals surface area (Å²) in [7, 11) is -1.69. The first kappa shape index (κ1) is 47.7. The third-order valence-corrected chi connectivity index (χ3v) is 19.3. The topological polar surface area (TPSA) is 0 Å². The molecule has 0 aromatic heterocycles. The van der Waals surface area contributed by atoms with E-state index < -0.39 is 15.8 Å². The molecule has 0 heterocycles. The maximum absolute atomic E-state index is 7.43. The van der Waals surface area contributed by atoms with Gasteiger partial charge in [0.1, 0.15) is 37.1 Å². The number of fused-ring (bicyclic) bond motifs is 6. The minimum atomic E-state index is -0.847. The van der Waals surface area contributed by atoms with E-state index in [1.807, 2.05) is 24.3 Å². The normalized spacial score (nSPS) is 12.8. The second-order valence-electron chi connectivity index (χ2n) is 16.6. The van der Waals surface area contributed by atoms with Crippen LogP contribution in [0.25, 0.3) is 22.3 Å². The summed E-state index contributed by atoms with van der Waals surface area (Å²) in [5.41, 5.74) is 12.0. The van der Waals surface area contributed by atoms with Crippen LogP contribution in [0.4, 0.5) is 0 Å². The Morgan fingerprint density at radius 1 is 0.349 bits per heavy atom. The summed E-state index contributed by atoms with van der Waals surface area (Å²) >= 11 is 0. The third kappa shape index (κ3) is 9.83. The van der Waals surface area contributed by atoms with Gasteiger partial charge in [-0.1, -0.05) is 184 Å². The van der Waals surface area contributed by atoms with E-state index in [9.17, 15) is 0 Å². The molecule has 2 aliphatic rings. The average Bonchev–Trinajstić information content (AvgIpc) is 3.71. The molecule has 0 radical (unpaired) electrons. The zero-order valence-corrected chi connectivity index (χ0v) is 40.9. The van der Waals surface area contributed by atoms with Crippen LogP contribution in [0.2, 0.25) is 0 Å². The molecule has 4 heteroatoms. The van der Waals surface area contributed by atoms with Crippen molar-refractivity contribution in [2.45, 2.75) is 38.5 Å². The molecule has 0 N–H and O–H groups in total. The SMILES string of the molecule is [Ag+].[Ag+].[C-]#Cc1cccc2c1-c1ccccc1C2(C)C.[C-]#Cc1cccc2c1-c1ccccc1C2(C)C.c1ccc([PH+](C[PH+](c2ccccc2)c2ccccc2)c2ccccc2)cc1. The molecule has 2 aliphatic carbocycles. The predicted octanol–water partition coefficient (Wildman–Crippen LogP) is 12.5. The molecule has 8 aromatic carbocycles. The van der Waals surface area contributed by atoms with Crippen molar-refractivity contribution in [1.82, 2.24) is 0 Å². The maximum atomic E-state index is 7.43. The zero-order chi connectivity index (χ0) is 42.4. The molecule has 0 bridgehead atoms. The second-order valence-corrected chi connectivity index (χ2v) is 22.3. The fourth-order valence-electron chi connectivity index (χ4n) is 9.19. The van der Waals surface area contributed by atoms with Crippen molar-refractivity contribution < 1.29 is 44.8 Å². The van der Waals surface area contributed by atoms with Crippen LogP contribution in [0.3, 0.4) is 0 Å². The van der Waals surface area contributed by atoms with Crippen LogP contribution in [-0.2, 0) is 55.6 Å². The minimum absolute atomic E-state index is 0. The van der Waals surface area contributed by atoms with Crippen LogP contribution in [0.15, 0.2) is 206 Å². The molecule has 0 saturated heterocycles. The van der Waals surface area contributed by atoms with Gasteiger partial charge in [-0.2, -0.15) is 0 Å². The summed E-state index contributed by atoms with van der Waals surface area (Å²) in [6, 6.07) is 73.7. The van der Waals surface area contributed by atoms with Crippen molar-refractivity contribution >= 4 is 37.1 Å². The molecular formula is C59H50Ag2P2+2. The Kier molecular flexibility index (Phi) is 16.1. The van der Waals surface area contributed by atoms with E-state index in [-0.39, 0.29) is 55.6 Å². The summed E-state index contributed by atoms with van der Waals surface area (Å²) in [4.78, 5) is 0. The third-order valence-electron chi connectivity index (χ3n) is 12.3. The van der Waals surface area contributed by atoms with Crippen molar-refractivity contribution in [2.75, 3.05) is 5.90 Å². The maximum Gasteiger partial charge on any atom is 1.00 e. The Balaban J connectivity index is 0.000000161. The van der Waals surface area contributed by atoms with Crippen LogP contribution >= 0.6 is 15.8 Å². The molecule has 0 fully saturated rings. The van der Waals surface area contributed by atoms with E-state index >= 15 is 0 Å². The Morgan fingerprint density at radius 3 is 0.921 bits per heavy atom. The molecule has 0 nitrogen and oxygen atoms in total. The van der Waals surface area contributed by atoms with Crippen LogP contribution in [0, 0.1) is 24.7 Å². The average molecular weight is 1040 g/mol. The molecule has 63 heavy (non-hydrogen) atoms. The molecule has 0 aliphatic heterocycles. The van der Waals surface area contributed by atoms with Crippen molar-refractivity contribution in [3.8, 4) is 34.1 Å². The van der Waals surface area contributed by atoms with Gasteiger partial charge in [-0.05, 0) is 81.9 Å². The van der Waals surface area contributed by atoms with Crippen molar-refractivity contribution in [1.29, 1.82) is 0 Å². The van der Waals surface area contributed by atoms with Gasteiger partial charge in [-0.3, -0.25) is 11.8 Å². The van der Waals surface area contributed by atoms with Gasteiger partial charge < -0.3 is 12.8 Å². The first-order valence-electron chi connectivity index (χ1n) is 21.0. The number of hydrogen-bond acceptors (Lipinski definition) is 0. The van der Waals surface area contributed by atoms with E-state index in [0.29, 0.717) is 0 Å². The summed E-state index contributed by atoms with van der Waals surface area (Å²) in [5, 5.41) is 6.01. The smallest absolute Gasteiger partial charge is 0.366 e.